The van der Waals surface area contributed by atoms with Crippen LogP contribution < -0.4 is 4.74 Å². The molecule has 3 aliphatic rings. The molecule has 0 amide bonds. The Morgan fingerprint density at radius 2 is 2.15 bits per heavy atom. The van der Waals surface area contributed by atoms with Crippen molar-refractivity contribution in [2.75, 3.05) is 19.7 Å². The van der Waals surface area contributed by atoms with Crippen LogP contribution in [0, 0.1) is 5.82 Å². The summed E-state index contributed by atoms with van der Waals surface area (Å²) in [7, 11) is 0. The van der Waals surface area contributed by atoms with Gasteiger partial charge in [-0.2, -0.15) is 9.97 Å². The van der Waals surface area contributed by atoms with Gasteiger partial charge in [-0.3, -0.25) is 4.90 Å². The molecule has 1 aromatic carbocycles. The summed E-state index contributed by atoms with van der Waals surface area (Å²) >= 11 is 9.65. The fraction of sp³-hybridized carbons (Fsp3) is 0.556. The second-order valence-electron chi connectivity index (χ2n) is 7.46. The van der Waals surface area contributed by atoms with E-state index in [1.807, 2.05) is 0 Å². The number of fused-ring (bicyclic) bond motifs is 4. The Morgan fingerprint density at radius 1 is 1.33 bits per heavy atom. The summed E-state index contributed by atoms with van der Waals surface area (Å²) in [5.41, 5.74) is 1.32. The lowest BCUT2D eigenvalue weighted by molar-refractivity contribution is 0.107. The molecule has 0 aliphatic carbocycles. The van der Waals surface area contributed by atoms with Crippen LogP contribution in [0.25, 0.3) is 10.9 Å². The fourth-order valence-electron chi connectivity index (χ4n) is 4.64. The number of nitrogens with zero attached hydrogens (tertiary/aromatic N) is 3. The summed E-state index contributed by atoms with van der Waals surface area (Å²) in [5, 5.41) is 0.598. The van der Waals surface area contributed by atoms with Crippen molar-refractivity contribution in [2.45, 2.75) is 44.2 Å². The molecule has 5 rings (SSSR count). The lowest BCUT2D eigenvalue weighted by Gasteiger charge is -2.30. The topological polar surface area (TPSA) is 47.5 Å². The number of alkyl halides is 1. The number of benzene rings is 1. The predicted octanol–water partition coefficient (Wildman–Crippen LogP) is 4.17. The Hall–Kier alpha value is -1.09. The summed E-state index contributed by atoms with van der Waals surface area (Å²) in [6.45, 7) is 2.24. The highest BCUT2D eigenvalue weighted by Gasteiger charge is 2.49. The van der Waals surface area contributed by atoms with Gasteiger partial charge in [0.2, 0.25) is 0 Å². The van der Waals surface area contributed by atoms with Crippen molar-refractivity contribution in [2.24, 2.45) is 0 Å². The van der Waals surface area contributed by atoms with Crippen LogP contribution in [0.4, 0.5) is 8.78 Å². The quantitative estimate of drug-likeness (QED) is 0.644. The SMILES string of the molecule is Fc1c(Br)c2c(c3c(Cl)nc(OC[C@@]45CCCN4C[C@H](F)C5)nc13)COC2. The number of hydrogen-bond donors (Lipinski definition) is 0. The van der Waals surface area contributed by atoms with E-state index < -0.39 is 12.0 Å². The van der Waals surface area contributed by atoms with Crippen LogP contribution in [-0.2, 0) is 18.0 Å². The Morgan fingerprint density at radius 3 is 3.00 bits per heavy atom. The van der Waals surface area contributed by atoms with Gasteiger partial charge >= 0.3 is 6.01 Å². The van der Waals surface area contributed by atoms with E-state index in [0.717, 1.165) is 30.5 Å². The van der Waals surface area contributed by atoms with Gasteiger partial charge in [0, 0.05) is 23.9 Å². The summed E-state index contributed by atoms with van der Waals surface area (Å²) in [5.74, 6) is -0.506. The third kappa shape index (κ3) is 2.75. The number of halogens is 4. The van der Waals surface area contributed by atoms with Crippen molar-refractivity contribution in [3.8, 4) is 6.01 Å². The lowest BCUT2D eigenvalue weighted by atomic mass is 9.95. The highest BCUT2D eigenvalue weighted by molar-refractivity contribution is 9.10. The van der Waals surface area contributed by atoms with Crippen molar-refractivity contribution < 1.29 is 18.3 Å². The van der Waals surface area contributed by atoms with E-state index in [2.05, 4.69) is 30.8 Å². The first-order valence-corrected chi connectivity index (χ1v) is 10.1. The van der Waals surface area contributed by atoms with Crippen molar-refractivity contribution >= 4 is 38.4 Å². The summed E-state index contributed by atoms with van der Waals surface area (Å²) in [6.07, 6.45) is 1.49. The number of hydrogen-bond acceptors (Lipinski definition) is 5. The molecule has 144 valence electrons. The van der Waals surface area contributed by atoms with Gasteiger partial charge in [-0.05, 0) is 40.9 Å². The molecule has 1 aromatic heterocycles. The second-order valence-corrected chi connectivity index (χ2v) is 8.61. The summed E-state index contributed by atoms with van der Waals surface area (Å²) in [4.78, 5) is 10.6. The zero-order valence-corrected chi connectivity index (χ0v) is 16.7. The number of rotatable bonds is 3. The highest BCUT2D eigenvalue weighted by Crippen LogP contribution is 2.42. The predicted molar refractivity (Wildman–Crippen MR) is 99.2 cm³/mol. The number of ether oxygens (including phenoxy) is 2. The number of aromatic nitrogens is 2. The van der Waals surface area contributed by atoms with Gasteiger partial charge in [-0.15, -0.1) is 0 Å². The van der Waals surface area contributed by atoms with Crippen molar-refractivity contribution in [1.82, 2.24) is 14.9 Å². The molecule has 2 saturated heterocycles. The van der Waals surface area contributed by atoms with E-state index in [-0.39, 0.29) is 28.8 Å². The molecular formula is C18H17BrClF2N3O2. The normalized spacial score (nSPS) is 27.3. The second kappa shape index (κ2) is 6.47. The first kappa shape index (κ1) is 18.0. The van der Waals surface area contributed by atoms with Crippen LogP contribution in [0.3, 0.4) is 0 Å². The Balaban J connectivity index is 1.50. The summed E-state index contributed by atoms with van der Waals surface area (Å²) in [6, 6.07) is 0.0145. The molecule has 5 nitrogen and oxygen atoms in total. The van der Waals surface area contributed by atoms with E-state index in [1.165, 1.54) is 0 Å². The van der Waals surface area contributed by atoms with Gasteiger partial charge < -0.3 is 9.47 Å². The maximum atomic E-state index is 14.9. The van der Waals surface area contributed by atoms with Crippen LogP contribution in [0.2, 0.25) is 5.15 Å². The molecule has 0 saturated carbocycles. The molecule has 4 heterocycles. The Kier molecular flexibility index (Phi) is 4.31. The van der Waals surface area contributed by atoms with E-state index in [1.54, 1.807) is 0 Å². The zero-order chi connectivity index (χ0) is 18.8. The minimum Gasteiger partial charge on any atom is -0.461 e. The first-order chi connectivity index (χ1) is 13.0. The Bertz CT molecular complexity index is 947. The molecule has 3 aliphatic heterocycles. The molecule has 2 atom stereocenters. The van der Waals surface area contributed by atoms with Crippen molar-refractivity contribution in [1.29, 1.82) is 0 Å². The van der Waals surface area contributed by atoms with Crippen molar-refractivity contribution in [3.05, 3.63) is 26.6 Å². The van der Waals surface area contributed by atoms with Crippen LogP contribution in [0.1, 0.15) is 30.4 Å². The smallest absolute Gasteiger partial charge is 0.318 e. The van der Waals surface area contributed by atoms with Crippen LogP contribution in [-0.4, -0.2) is 46.3 Å². The van der Waals surface area contributed by atoms with Gasteiger partial charge in [0.15, 0.2) is 5.82 Å². The van der Waals surface area contributed by atoms with Gasteiger partial charge in [0.1, 0.15) is 23.4 Å². The molecule has 0 unspecified atom stereocenters. The van der Waals surface area contributed by atoms with E-state index >= 15 is 0 Å². The molecule has 2 fully saturated rings. The van der Waals surface area contributed by atoms with Crippen LogP contribution >= 0.6 is 27.5 Å². The standard InChI is InChI=1S/C18H17BrClF2N3O2/c19-13-11-7-26-6-10(11)12-15(14(13)22)23-17(24-16(12)20)27-8-18-2-1-3-25(18)5-9(21)4-18/h9H,1-8H2/t9-,18+/m1/s1. The zero-order valence-electron chi connectivity index (χ0n) is 14.4. The van der Waals surface area contributed by atoms with Crippen molar-refractivity contribution in [3.63, 3.8) is 0 Å². The average Bonchev–Trinajstić information content (AvgIpc) is 3.31. The lowest BCUT2D eigenvalue weighted by Crippen LogP contribution is -2.43. The van der Waals surface area contributed by atoms with E-state index in [0.29, 0.717) is 36.0 Å². The molecule has 0 bridgehead atoms. The van der Waals surface area contributed by atoms with Gasteiger partial charge in [-0.1, -0.05) is 11.6 Å². The summed E-state index contributed by atoms with van der Waals surface area (Å²) < 4.78 is 40.3. The van der Waals surface area contributed by atoms with Crippen LogP contribution in [0.15, 0.2) is 4.47 Å². The largest absolute Gasteiger partial charge is 0.461 e. The maximum absolute atomic E-state index is 14.9. The molecule has 0 spiro atoms. The molecule has 0 radical (unpaired) electrons. The third-order valence-corrected chi connectivity index (χ3v) is 7.00. The third-order valence-electron chi connectivity index (χ3n) is 5.90. The van der Waals surface area contributed by atoms with E-state index in [9.17, 15) is 8.78 Å². The fourth-order valence-corrected chi connectivity index (χ4v) is 5.45. The minimum atomic E-state index is -0.842. The van der Waals surface area contributed by atoms with Gasteiger partial charge in [0.25, 0.3) is 0 Å². The van der Waals surface area contributed by atoms with E-state index in [4.69, 9.17) is 21.1 Å². The molecule has 27 heavy (non-hydrogen) atoms. The molecular weight excluding hydrogens is 444 g/mol. The molecule has 2 aromatic rings. The highest BCUT2D eigenvalue weighted by atomic mass is 79.9. The van der Waals surface area contributed by atoms with Crippen LogP contribution in [0.5, 0.6) is 6.01 Å². The Labute approximate surface area is 168 Å². The maximum Gasteiger partial charge on any atom is 0.318 e. The minimum absolute atomic E-state index is 0.0145. The molecule has 0 N–H and O–H groups in total. The van der Waals surface area contributed by atoms with Gasteiger partial charge in [-0.25, -0.2) is 8.78 Å². The molecule has 9 heteroatoms. The van der Waals surface area contributed by atoms with Gasteiger partial charge in [0.05, 0.1) is 23.2 Å². The monoisotopic (exact) mass is 459 g/mol. The average molecular weight is 461 g/mol. The first-order valence-electron chi connectivity index (χ1n) is 8.94.